The van der Waals surface area contributed by atoms with E-state index in [9.17, 15) is 15.8 Å². The summed E-state index contributed by atoms with van der Waals surface area (Å²) < 4.78 is 10.8. The number of hydrogen-bond donors (Lipinski definition) is 2. The molecule has 1 aliphatic heterocycles. The van der Waals surface area contributed by atoms with Gasteiger partial charge in [-0.05, 0) is 35.8 Å². The molecule has 154 valence electrons. The van der Waals surface area contributed by atoms with Crippen molar-refractivity contribution >= 4 is 5.71 Å². The molecular weight excluding hydrogens is 378 g/mol. The fraction of sp³-hybridized carbons (Fsp3) is 0.478. The Morgan fingerprint density at radius 1 is 1.13 bits per heavy atom. The molecule has 1 heterocycles. The van der Waals surface area contributed by atoms with Gasteiger partial charge in [0.05, 0.1) is 57.8 Å². The summed E-state index contributed by atoms with van der Waals surface area (Å²) in [7, 11) is 3.10. The molecule has 30 heavy (non-hydrogen) atoms. The highest BCUT2D eigenvalue weighted by Gasteiger charge is 2.58. The van der Waals surface area contributed by atoms with Gasteiger partial charge in [0.15, 0.2) is 5.41 Å². The minimum atomic E-state index is -1.73. The van der Waals surface area contributed by atoms with Crippen LogP contribution < -0.4 is 14.4 Å². The molecular formula is C23H26N5O2+. The van der Waals surface area contributed by atoms with Crippen LogP contribution in [-0.4, -0.2) is 39.6 Å². The first-order chi connectivity index (χ1) is 14.5. The number of hydrogen-bond acceptors (Lipinski definition) is 6. The van der Waals surface area contributed by atoms with Crippen molar-refractivity contribution in [1.82, 2.24) is 0 Å². The average molecular weight is 404 g/mol. The standard InChI is InChI=1S/C23H25N5O2/c1-4-6-28-7-5-18-19(11-24)22(27)23(13-25,14-26)21(20(18)12-28)15-8-16(29-2)10-17(9-15)30-3/h5,8-10,19-21,27H,4,6-7,12H2,1-3H3/p+1/t19?,20-,21+/m0/s1. The van der Waals surface area contributed by atoms with Crippen molar-refractivity contribution in [2.24, 2.45) is 17.3 Å². The molecule has 1 aromatic carbocycles. The van der Waals surface area contributed by atoms with E-state index in [0.29, 0.717) is 23.6 Å². The minimum Gasteiger partial charge on any atom is -0.497 e. The molecule has 2 aliphatic rings. The molecule has 0 spiro atoms. The van der Waals surface area contributed by atoms with Crippen LogP contribution in [0, 0.1) is 56.7 Å². The first kappa shape index (κ1) is 21.4. The number of methoxy groups -OCH3 is 2. The van der Waals surface area contributed by atoms with Crippen molar-refractivity contribution in [2.75, 3.05) is 33.9 Å². The number of nitrogens with zero attached hydrogens (tertiary/aromatic N) is 3. The molecule has 2 N–H and O–H groups in total. The van der Waals surface area contributed by atoms with E-state index in [2.05, 4.69) is 25.1 Å². The average Bonchev–Trinajstić information content (AvgIpc) is 2.78. The number of nitriles is 3. The Balaban J connectivity index is 2.26. The van der Waals surface area contributed by atoms with Gasteiger partial charge in [0.25, 0.3) is 0 Å². The molecule has 0 amide bonds. The number of rotatable bonds is 5. The van der Waals surface area contributed by atoms with Crippen molar-refractivity contribution in [3.8, 4) is 29.7 Å². The second-order valence-electron chi connectivity index (χ2n) is 7.85. The van der Waals surface area contributed by atoms with E-state index in [1.807, 2.05) is 18.2 Å². The number of fused-ring (bicyclic) bond motifs is 1. The summed E-state index contributed by atoms with van der Waals surface area (Å²) >= 11 is 0. The van der Waals surface area contributed by atoms with Crippen LogP contribution in [0.3, 0.4) is 0 Å². The summed E-state index contributed by atoms with van der Waals surface area (Å²) in [6.07, 6.45) is 3.06. The highest BCUT2D eigenvalue weighted by molar-refractivity contribution is 6.00. The minimum absolute atomic E-state index is 0.136. The predicted octanol–water partition coefficient (Wildman–Crippen LogP) is 1.85. The maximum absolute atomic E-state index is 10.2. The Labute approximate surface area is 177 Å². The Morgan fingerprint density at radius 2 is 1.77 bits per heavy atom. The number of quaternary nitrogens is 1. The van der Waals surface area contributed by atoms with Gasteiger partial charge in [-0.25, -0.2) is 0 Å². The summed E-state index contributed by atoms with van der Waals surface area (Å²) in [4.78, 5) is 1.35. The van der Waals surface area contributed by atoms with Crippen LogP contribution in [0.25, 0.3) is 0 Å². The summed E-state index contributed by atoms with van der Waals surface area (Å²) in [5, 5.41) is 38.8. The molecule has 0 radical (unpaired) electrons. The van der Waals surface area contributed by atoms with E-state index in [1.165, 1.54) is 4.90 Å². The van der Waals surface area contributed by atoms with Crippen molar-refractivity contribution in [1.29, 1.82) is 21.2 Å². The van der Waals surface area contributed by atoms with E-state index in [-0.39, 0.29) is 11.6 Å². The van der Waals surface area contributed by atoms with E-state index in [1.54, 1.807) is 20.3 Å². The lowest BCUT2D eigenvalue weighted by Crippen LogP contribution is -3.13. The summed E-state index contributed by atoms with van der Waals surface area (Å²) in [5.74, 6) is -0.521. The van der Waals surface area contributed by atoms with Crippen LogP contribution in [0.4, 0.5) is 0 Å². The van der Waals surface area contributed by atoms with Crippen molar-refractivity contribution in [3.63, 3.8) is 0 Å². The molecule has 0 bridgehead atoms. The quantitative estimate of drug-likeness (QED) is 0.726. The molecule has 1 aliphatic carbocycles. The molecule has 2 unspecified atom stereocenters. The molecule has 7 nitrogen and oxygen atoms in total. The van der Waals surface area contributed by atoms with Gasteiger partial charge in [0.1, 0.15) is 17.4 Å². The number of ether oxygens (including phenoxy) is 2. The third-order valence-electron chi connectivity index (χ3n) is 6.30. The van der Waals surface area contributed by atoms with Gasteiger partial charge >= 0.3 is 0 Å². The fourth-order valence-corrected chi connectivity index (χ4v) is 4.90. The van der Waals surface area contributed by atoms with Crippen LogP contribution in [0.1, 0.15) is 24.8 Å². The maximum atomic E-state index is 10.2. The van der Waals surface area contributed by atoms with E-state index < -0.39 is 17.3 Å². The molecule has 0 aromatic heterocycles. The zero-order valence-electron chi connectivity index (χ0n) is 17.5. The first-order valence-corrected chi connectivity index (χ1v) is 10.1. The van der Waals surface area contributed by atoms with E-state index in [4.69, 9.17) is 14.9 Å². The Kier molecular flexibility index (Phi) is 6.11. The van der Waals surface area contributed by atoms with Crippen molar-refractivity contribution in [3.05, 3.63) is 35.4 Å². The summed E-state index contributed by atoms with van der Waals surface area (Å²) in [6, 6.07) is 11.8. The predicted molar refractivity (Wildman–Crippen MR) is 110 cm³/mol. The van der Waals surface area contributed by atoms with Gasteiger partial charge in [0, 0.05) is 17.9 Å². The Morgan fingerprint density at radius 3 is 2.27 bits per heavy atom. The molecule has 1 fully saturated rings. The number of nitrogens with one attached hydrogen (secondary N) is 2. The van der Waals surface area contributed by atoms with Crippen LogP contribution in [-0.2, 0) is 0 Å². The van der Waals surface area contributed by atoms with Crippen LogP contribution in [0.15, 0.2) is 29.8 Å². The molecule has 1 saturated carbocycles. The molecule has 4 atom stereocenters. The van der Waals surface area contributed by atoms with Gasteiger partial charge in [-0.3, -0.25) is 0 Å². The Bertz CT molecular complexity index is 958. The monoisotopic (exact) mass is 404 g/mol. The molecule has 7 heteroatoms. The molecule has 3 rings (SSSR count). The molecule has 1 aromatic rings. The second kappa shape index (κ2) is 8.57. The van der Waals surface area contributed by atoms with Gasteiger partial charge in [-0.1, -0.05) is 6.92 Å². The van der Waals surface area contributed by atoms with Gasteiger partial charge in [0.2, 0.25) is 0 Å². The third kappa shape index (κ3) is 3.30. The maximum Gasteiger partial charge on any atom is 0.189 e. The first-order valence-electron chi connectivity index (χ1n) is 10.1. The second-order valence-corrected chi connectivity index (χ2v) is 7.85. The fourth-order valence-electron chi connectivity index (χ4n) is 4.90. The SMILES string of the molecule is CCC[NH+]1CC=C2C(C#N)C(=N)C(C#N)(C#N)[C@H](c3cc(OC)cc(OC)c3)[C@H]2C1. The van der Waals surface area contributed by atoms with Gasteiger partial charge in [-0.2, -0.15) is 15.8 Å². The van der Waals surface area contributed by atoms with Crippen LogP contribution >= 0.6 is 0 Å². The lowest BCUT2D eigenvalue weighted by atomic mass is 9.54. The van der Waals surface area contributed by atoms with E-state index >= 15 is 0 Å². The third-order valence-corrected chi connectivity index (χ3v) is 6.30. The van der Waals surface area contributed by atoms with Crippen LogP contribution in [0.5, 0.6) is 11.5 Å². The lowest BCUT2D eigenvalue weighted by molar-refractivity contribution is -0.899. The zero-order chi connectivity index (χ0) is 21.9. The number of benzene rings is 1. The van der Waals surface area contributed by atoms with Gasteiger partial charge in [-0.15, -0.1) is 0 Å². The molecule has 0 saturated heterocycles. The smallest absolute Gasteiger partial charge is 0.189 e. The lowest BCUT2D eigenvalue weighted by Gasteiger charge is -2.46. The highest BCUT2D eigenvalue weighted by Crippen LogP contribution is 2.53. The van der Waals surface area contributed by atoms with Crippen LogP contribution in [0.2, 0.25) is 0 Å². The highest BCUT2D eigenvalue weighted by atomic mass is 16.5. The van der Waals surface area contributed by atoms with E-state index in [0.717, 1.165) is 25.1 Å². The van der Waals surface area contributed by atoms with Crippen molar-refractivity contribution < 1.29 is 14.4 Å². The summed E-state index contributed by atoms with van der Waals surface area (Å²) in [6.45, 7) is 4.58. The summed E-state index contributed by atoms with van der Waals surface area (Å²) in [5.41, 5.74) is -0.295. The Hall–Kier alpha value is -3.34. The largest absolute Gasteiger partial charge is 0.497 e. The van der Waals surface area contributed by atoms with Gasteiger partial charge < -0.3 is 19.8 Å². The topological polar surface area (TPSA) is 118 Å². The normalized spacial score (nSPS) is 26.9. The van der Waals surface area contributed by atoms with Crippen molar-refractivity contribution in [2.45, 2.75) is 19.3 Å². The zero-order valence-corrected chi connectivity index (χ0v) is 17.5.